The van der Waals surface area contributed by atoms with Crippen LogP contribution in [0.25, 0.3) is 10.2 Å². The molecule has 0 atom stereocenters. The lowest BCUT2D eigenvalue weighted by molar-refractivity contribution is 0.102. The number of aromatic hydroxyl groups is 1. The number of thiazole rings is 1. The van der Waals surface area contributed by atoms with Crippen LogP contribution in [-0.2, 0) is 0 Å². The van der Waals surface area contributed by atoms with Crippen molar-refractivity contribution in [3.05, 3.63) is 48.0 Å². The maximum Gasteiger partial charge on any atom is 0.261 e. The highest BCUT2D eigenvalue weighted by Crippen LogP contribution is 2.28. The van der Waals surface area contributed by atoms with Gasteiger partial charge >= 0.3 is 0 Å². The van der Waals surface area contributed by atoms with Crippen LogP contribution in [0.1, 0.15) is 10.4 Å². The van der Waals surface area contributed by atoms with E-state index in [0.717, 1.165) is 10.2 Å². The molecule has 0 saturated carbocycles. The number of aromatic nitrogens is 1. The molecule has 0 unspecified atom stereocenters. The number of para-hydroxylation sites is 2. The lowest BCUT2D eigenvalue weighted by atomic mass is 10.1. The van der Waals surface area contributed by atoms with Gasteiger partial charge in [-0.2, -0.15) is 0 Å². The van der Waals surface area contributed by atoms with Crippen molar-refractivity contribution in [3.63, 3.8) is 0 Å². The molecule has 0 aliphatic carbocycles. The Hall–Kier alpha value is -2.60. The number of rotatable bonds is 2. The molecule has 0 aliphatic rings. The zero-order valence-electron chi connectivity index (χ0n) is 10.3. The number of nitrogens with two attached hydrogens (primary N) is 1. The minimum Gasteiger partial charge on any atom is -0.505 e. The summed E-state index contributed by atoms with van der Waals surface area (Å²) in [4.78, 5) is 16.4. The average Bonchev–Trinajstić information content (AvgIpc) is 2.83. The molecule has 0 radical (unpaired) electrons. The minimum atomic E-state index is -0.436. The van der Waals surface area contributed by atoms with Crippen molar-refractivity contribution in [1.29, 1.82) is 0 Å². The van der Waals surface area contributed by atoms with Crippen molar-refractivity contribution in [1.82, 2.24) is 4.98 Å². The summed E-state index contributed by atoms with van der Waals surface area (Å²) in [6, 6.07) is 12.3. The van der Waals surface area contributed by atoms with Crippen LogP contribution in [-0.4, -0.2) is 16.0 Å². The van der Waals surface area contributed by atoms with Crippen LogP contribution in [0, 0.1) is 0 Å². The Morgan fingerprint density at radius 3 is 2.80 bits per heavy atom. The molecule has 1 amide bonds. The molecule has 100 valence electrons. The SMILES string of the molecule is Nc1cccc(C(=O)Nc2nc3ccccc3s2)c1O. The third-order valence-electron chi connectivity index (χ3n) is 2.83. The molecule has 6 heteroatoms. The Labute approximate surface area is 118 Å². The summed E-state index contributed by atoms with van der Waals surface area (Å²) >= 11 is 1.37. The molecule has 0 saturated heterocycles. The van der Waals surface area contributed by atoms with Crippen LogP contribution in [0.4, 0.5) is 10.8 Å². The van der Waals surface area contributed by atoms with E-state index in [1.165, 1.54) is 23.5 Å². The number of nitrogen functional groups attached to an aromatic ring is 1. The molecule has 0 aliphatic heterocycles. The first-order valence-electron chi connectivity index (χ1n) is 5.89. The number of fused-ring (bicyclic) bond motifs is 1. The first-order valence-corrected chi connectivity index (χ1v) is 6.71. The zero-order chi connectivity index (χ0) is 14.1. The predicted octanol–water partition coefficient (Wildman–Crippen LogP) is 2.84. The largest absolute Gasteiger partial charge is 0.505 e. The summed E-state index contributed by atoms with van der Waals surface area (Å²) in [6.45, 7) is 0. The number of hydrogen-bond acceptors (Lipinski definition) is 5. The molecule has 20 heavy (non-hydrogen) atoms. The molecular formula is C14H11N3O2S. The number of nitrogens with zero attached hydrogens (tertiary/aromatic N) is 1. The van der Waals surface area contributed by atoms with Crippen LogP contribution >= 0.6 is 11.3 Å². The fraction of sp³-hybridized carbons (Fsp3) is 0. The van der Waals surface area contributed by atoms with Gasteiger partial charge in [-0.15, -0.1) is 0 Å². The topological polar surface area (TPSA) is 88.2 Å². The van der Waals surface area contributed by atoms with Crippen molar-refractivity contribution >= 4 is 38.3 Å². The summed E-state index contributed by atoms with van der Waals surface area (Å²) in [6.07, 6.45) is 0. The highest BCUT2D eigenvalue weighted by Gasteiger charge is 2.14. The van der Waals surface area contributed by atoms with E-state index in [4.69, 9.17) is 5.73 Å². The first-order chi connectivity index (χ1) is 9.65. The van der Waals surface area contributed by atoms with Crippen LogP contribution in [0.3, 0.4) is 0 Å². The van der Waals surface area contributed by atoms with Crippen molar-refractivity contribution in [2.45, 2.75) is 0 Å². The number of amides is 1. The normalized spacial score (nSPS) is 10.6. The molecule has 5 nitrogen and oxygen atoms in total. The van der Waals surface area contributed by atoms with Crippen LogP contribution in [0.2, 0.25) is 0 Å². The number of phenolic OH excluding ortho intramolecular Hbond substituents is 1. The Morgan fingerprint density at radius 1 is 1.20 bits per heavy atom. The van der Waals surface area contributed by atoms with E-state index in [1.54, 1.807) is 6.07 Å². The number of carbonyl (C=O) groups excluding carboxylic acids is 1. The van der Waals surface area contributed by atoms with E-state index < -0.39 is 5.91 Å². The van der Waals surface area contributed by atoms with Crippen molar-refractivity contribution < 1.29 is 9.90 Å². The van der Waals surface area contributed by atoms with Gasteiger partial charge in [-0.1, -0.05) is 29.5 Å². The minimum absolute atomic E-state index is 0.129. The summed E-state index contributed by atoms with van der Waals surface area (Å²) in [5.41, 5.74) is 6.69. The molecule has 2 aromatic carbocycles. The van der Waals surface area contributed by atoms with Gasteiger partial charge < -0.3 is 10.8 Å². The second-order valence-electron chi connectivity index (χ2n) is 4.18. The van der Waals surface area contributed by atoms with Crippen molar-refractivity contribution in [2.75, 3.05) is 11.1 Å². The summed E-state index contributed by atoms with van der Waals surface area (Å²) in [5.74, 6) is -0.653. The van der Waals surface area contributed by atoms with Gasteiger partial charge in [0, 0.05) is 0 Å². The molecular weight excluding hydrogens is 274 g/mol. The number of benzene rings is 2. The Kier molecular flexibility index (Phi) is 3.00. The van der Waals surface area contributed by atoms with E-state index in [9.17, 15) is 9.90 Å². The third kappa shape index (κ3) is 2.17. The number of nitrogens with one attached hydrogen (secondary N) is 1. The van der Waals surface area contributed by atoms with E-state index in [0.29, 0.717) is 5.13 Å². The highest BCUT2D eigenvalue weighted by atomic mass is 32.1. The lowest BCUT2D eigenvalue weighted by Crippen LogP contribution is -2.12. The van der Waals surface area contributed by atoms with Crippen molar-refractivity contribution in [3.8, 4) is 5.75 Å². The molecule has 3 aromatic rings. The molecule has 1 aromatic heterocycles. The summed E-state index contributed by atoms with van der Waals surface area (Å²) in [7, 11) is 0. The van der Waals surface area contributed by atoms with Gasteiger partial charge in [-0.25, -0.2) is 4.98 Å². The lowest BCUT2D eigenvalue weighted by Gasteiger charge is -2.05. The van der Waals surface area contributed by atoms with Gasteiger partial charge in [0.1, 0.15) is 0 Å². The fourth-order valence-corrected chi connectivity index (χ4v) is 2.70. The number of phenols is 1. The van der Waals surface area contributed by atoms with Gasteiger partial charge in [0.25, 0.3) is 5.91 Å². The fourth-order valence-electron chi connectivity index (χ4n) is 1.83. The van der Waals surface area contributed by atoms with Gasteiger partial charge in [0.2, 0.25) is 0 Å². The number of hydrogen-bond donors (Lipinski definition) is 3. The molecule has 0 fully saturated rings. The molecule has 0 bridgehead atoms. The summed E-state index contributed by atoms with van der Waals surface area (Å²) in [5, 5.41) is 12.9. The summed E-state index contributed by atoms with van der Waals surface area (Å²) < 4.78 is 0.986. The van der Waals surface area contributed by atoms with E-state index in [-0.39, 0.29) is 17.0 Å². The molecule has 4 N–H and O–H groups in total. The number of carbonyl (C=O) groups is 1. The quantitative estimate of drug-likeness (QED) is 0.499. The maximum atomic E-state index is 12.1. The Bertz CT molecular complexity index is 765. The molecule has 1 heterocycles. The molecule has 0 spiro atoms. The highest BCUT2D eigenvalue weighted by molar-refractivity contribution is 7.22. The maximum absolute atomic E-state index is 12.1. The molecule has 3 rings (SSSR count). The Balaban J connectivity index is 1.90. The zero-order valence-corrected chi connectivity index (χ0v) is 11.1. The van der Waals surface area contributed by atoms with Crippen molar-refractivity contribution in [2.24, 2.45) is 0 Å². The Morgan fingerprint density at radius 2 is 2.00 bits per heavy atom. The van der Waals surface area contributed by atoms with E-state index in [1.807, 2.05) is 24.3 Å². The van der Waals surface area contributed by atoms with E-state index >= 15 is 0 Å². The van der Waals surface area contributed by atoms with Gasteiger partial charge in [-0.3, -0.25) is 10.1 Å². The third-order valence-corrected chi connectivity index (χ3v) is 3.78. The van der Waals surface area contributed by atoms with Crippen LogP contribution in [0.15, 0.2) is 42.5 Å². The van der Waals surface area contributed by atoms with Gasteiger partial charge in [-0.05, 0) is 24.3 Å². The standard InChI is InChI=1S/C14H11N3O2S/c15-9-5-3-4-8(12(9)18)13(19)17-14-16-10-6-1-2-7-11(10)20-14/h1-7,18H,15H2,(H,16,17,19). The average molecular weight is 285 g/mol. The predicted molar refractivity (Wildman–Crippen MR) is 80.1 cm³/mol. The van der Waals surface area contributed by atoms with Gasteiger partial charge in [0.15, 0.2) is 10.9 Å². The monoisotopic (exact) mass is 285 g/mol. The number of anilines is 2. The second-order valence-corrected chi connectivity index (χ2v) is 5.21. The first kappa shape index (κ1) is 12.4. The smallest absolute Gasteiger partial charge is 0.261 e. The van der Waals surface area contributed by atoms with Crippen LogP contribution < -0.4 is 11.1 Å². The van der Waals surface area contributed by atoms with E-state index in [2.05, 4.69) is 10.3 Å². The van der Waals surface area contributed by atoms with Crippen LogP contribution in [0.5, 0.6) is 5.75 Å². The second kappa shape index (κ2) is 4.82. The van der Waals surface area contributed by atoms with Gasteiger partial charge in [0.05, 0.1) is 21.5 Å².